The number of H-pyrrole nitrogens is 1. The summed E-state index contributed by atoms with van der Waals surface area (Å²) in [5.41, 5.74) is -3.28. The molecular weight excluding hydrogens is 500 g/mol. The molecule has 6 atom stereocenters. The van der Waals surface area contributed by atoms with Crippen LogP contribution in [0.15, 0.2) is 45.0 Å². The number of nitrogens with one attached hydrogen (secondary N) is 1. The molecule has 4 rings (SSSR count). The first-order valence-electron chi connectivity index (χ1n) is 9.93. The molecule has 12 nitrogen and oxygen atoms in total. The van der Waals surface area contributed by atoms with Crippen LogP contribution in [0, 0.1) is 5.82 Å². The Morgan fingerprint density at radius 2 is 2.15 bits per heavy atom. The van der Waals surface area contributed by atoms with E-state index in [-0.39, 0.29) is 18.1 Å². The molecule has 0 radical (unpaired) electrons. The van der Waals surface area contributed by atoms with E-state index >= 15 is 0 Å². The lowest BCUT2D eigenvalue weighted by atomic mass is 10.1. The van der Waals surface area contributed by atoms with Crippen LogP contribution in [-0.2, 0) is 22.9 Å². The third-order valence-electron chi connectivity index (χ3n) is 5.42. The predicted molar refractivity (Wildman–Crippen MR) is 115 cm³/mol. The van der Waals surface area contributed by atoms with Gasteiger partial charge in [-0.15, -0.1) is 0 Å². The number of aliphatic hydroxyl groups excluding tert-OH is 2. The van der Waals surface area contributed by atoms with Gasteiger partial charge in [-0.1, -0.05) is 17.7 Å². The summed E-state index contributed by atoms with van der Waals surface area (Å²) in [6.45, 7) is 2.54. The molecule has 2 aromatic rings. The lowest BCUT2D eigenvalue weighted by Gasteiger charge is -2.32. The molecule has 2 saturated heterocycles. The Hall–Kier alpha value is -2.22. The van der Waals surface area contributed by atoms with E-state index in [1.54, 1.807) is 0 Å². The molecule has 2 aliphatic rings. The van der Waals surface area contributed by atoms with Gasteiger partial charge < -0.3 is 14.9 Å². The molecule has 0 bridgehead atoms. The Kier molecular flexibility index (Phi) is 6.91. The van der Waals surface area contributed by atoms with E-state index in [2.05, 4.69) is 11.7 Å². The van der Waals surface area contributed by atoms with Gasteiger partial charge in [0.25, 0.3) is 5.56 Å². The third-order valence-corrected chi connectivity index (χ3v) is 7.20. The molecule has 1 aromatic heterocycles. The summed E-state index contributed by atoms with van der Waals surface area (Å²) < 4.78 is 48.9. The van der Waals surface area contributed by atoms with Crippen LogP contribution in [0.3, 0.4) is 0 Å². The Labute approximate surface area is 196 Å². The Morgan fingerprint density at radius 1 is 1.38 bits per heavy atom. The van der Waals surface area contributed by atoms with Crippen molar-refractivity contribution in [2.75, 3.05) is 13.2 Å². The Balaban J connectivity index is 1.52. The minimum Gasteiger partial charge on any atom is -0.385 e. The van der Waals surface area contributed by atoms with E-state index in [0.29, 0.717) is 5.56 Å². The van der Waals surface area contributed by atoms with Gasteiger partial charge in [-0.2, -0.15) is 0 Å². The lowest BCUT2D eigenvalue weighted by molar-refractivity contribution is -0.125. The van der Waals surface area contributed by atoms with Gasteiger partial charge in [0, 0.05) is 29.3 Å². The summed E-state index contributed by atoms with van der Waals surface area (Å²) in [6.07, 6.45) is -4.47. The second-order valence-corrected chi connectivity index (χ2v) is 9.60. The summed E-state index contributed by atoms with van der Waals surface area (Å²) in [5, 5.41) is 21.1. The minimum absolute atomic E-state index is 0.0500. The zero-order chi connectivity index (χ0) is 24.7. The fraction of sp³-hybridized carbons (Fsp3) is 0.421. The number of phosphoric acid groups is 1. The maximum atomic E-state index is 13.4. The fourth-order valence-corrected chi connectivity index (χ4v) is 5.33. The van der Waals surface area contributed by atoms with E-state index in [0.717, 1.165) is 22.9 Å². The number of aromatic amines is 1. The lowest BCUT2D eigenvalue weighted by Crippen LogP contribution is -2.45. The van der Waals surface area contributed by atoms with E-state index in [1.165, 1.54) is 12.1 Å². The van der Waals surface area contributed by atoms with Gasteiger partial charge in [-0.3, -0.25) is 32.9 Å². The summed E-state index contributed by atoms with van der Waals surface area (Å²) in [6, 6.07) is 4.66. The first kappa shape index (κ1) is 24.9. The number of aliphatic hydroxyl groups is 2. The zero-order valence-corrected chi connectivity index (χ0v) is 19.0. The average molecular weight is 520 g/mol. The number of benzene rings is 1. The Morgan fingerprint density at radius 3 is 2.82 bits per heavy atom. The molecular formula is C19H20ClFN3O9P. The van der Waals surface area contributed by atoms with Crippen molar-refractivity contribution in [1.29, 1.82) is 0 Å². The molecule has 0 saturated carbocycles. The fourth-order valence-electron chi connectivity index (χ4n) is 3.64. The quantitative estimate of drug-likeness (QED) is 0.377. The first-order valence-corrected chi connectivity index (χ1v) is 11.8. The number of halogens is 2. The van der Waals surface area contributed by atoms with Crippen LogP contribution in [-0.4, -0.2) is 57.6 Å². The SMILES string of the molecule is C=N[C@]1(COP2(=O)OCC[C@@H](c3ccc(F)cc3Cl)O2)O[C@@H](n2ccc(=O)[nH]c2=O)[C@H](O)[C@@H]1O. The first-order chi connectivity index (χ1) is 16.1. The van der Waals surface area contributed by atoms with Crippen LogP contribution in [0.25, 0.3) is 0 Å². The molecule has 1 unspecified atom stereocenters. The van der Waals surface area contributed by atoms with Crippen LogP contribution < -0.4 is 11.2 Å². The van der Waals surface area contributed by atoms with E-state index < -0.39 is 61.8 Å². The number of hydrogen-bond donors (Lipinski definition) is 3. The highest BCUT2D eigenvalue weighted by Gasteiger charge is 2.56. The molecule has 184 valence electrons. The summed E-state index contributed by atoms with van der Waals surface area (Å²) >= 11 is 6.07. The number of rotatable bonds is 6. The van der Waals surface area contributed by atoms with E-state index in [1.807, 2.05) is 4.98 Å². The highest BCUT2D eigenvalue weighted by Crippen LogP contribution is 2.58. The second-order valence-electron chi connectivity index (χ2n) is 7.57. The van der Waals surface area contributed by atoms with Gasteiger partial charge in [0.2, 0.25) is 5.72 Å². The van der Waals surface area contributed by atoms with Crippen molar-refractivity contribution >= 4 is 26.1 Å². The average Bonchev–Trinajstić information content (AvgIpc) is 3.03. The summed E-state index contributed by atoms with van der Waals surface area (Å²) in [7, 11) is -4.26. The van der Waals surface area contributed by atoms with Crippen molar-refractivity contribution < 1.29 is 37.5 Å². The summed E-state index contributed by atoms with van der Waals surface area (Å²) in [5.74, 6) is -0.554. The van der Waals surface area contributed by atoms with E-state index in [9.17, 15) is 28.8 Å². The van der Waals surface area contributed by atoms with Crippen LogP contribution in [0.2, 0.25) is 5.02 Å². The molecule has 34 heavy (non-hydrogen) atoms. The largest absolute Gasteiger partial charge is 0.475 e. The van der Waals surface area contributed by atoms with Gasteiger partial charge in [-0.05, 0) is 18.9 Å². The number of phosphoric ester groups is 1. The van der Waals surface area contributed by atoms with Crippen molar-refractivity contribution in [2.24, 2.45) is 4.99 Å². The van der Waals surface area contributed by atoms with Crippen LogP contribution >= 0.6 is 19.4 Å². The van der Waals surface area contributed by atoms with Crippen molar-refractivity contribution in [3.8, 4) is 0 Å². The van der Waals surface area contributed by atoms with Gasteiger partial charge >= 0.3 is 13.5 Å². The molecule has 0 aliphatic carbocycles. The topological polar surface area (TPSA) is 162 Å². The maximum absolute atomic E-state index is 13.4. The van der Waals surface area contributed by atoms with Gasteiger partial charge in [0.15, 0.2) is 6.23 Å². The second kappa shape index (κ2) is 9.44. The third kappa shape index (κ3) is 4.66. The smallest absolute Gasteiger partial charge is 0.385 e. The molecule has 15 heteroatoms. The molecule has 0 spiro atoms. The number of hydrogen-bond acceptors (Lipinski definition) is 10. The number of aliphatic imine (C=N–C) groups is 1. The van der Waals surface area contributed by atoms with Crippen molar-refractivity contribution in [1.82, 2.24) is 9.55 Å². The number of ether oxygens (including phenoxy) is 1. The van der Waals surface area contributed by atoms with Crippen LogP contribution in [0.5, 0.6) is 0 Å². The predicted octanol–water partition coefficient (Wildman–Crippen LogP) is 1.28. The van der Waals surface area contributed by atoms with Crippen LogP contribution in [0.4, 0.5) is 4.39 Å². The zero-order valence-electron chi connectivity index (χ0n) is 17.4. The molecule has 1 aromatic carbocycles. The monoisotopic (exact) mass is 519 g/mol. The molecule has 3 N–H and O–H groups in total. The summed E-state index contributed by atoms with van der Waals surface area (Å²) in [4.78, 5) is 29.1. The molecule has 0 amide bonds. The van der Waals surface area contributed by atoms with Crippen molar-refractivity contribution in [3.05, 3.63) is 67.7 Å². The molecule has 3 heterocycles. The maximum Gasteiger partial charge on any atom is 0.475 e. The normalized spacial score (nSPS) is 33.6. The minimum atomic E-state index is -4.26. The number of aromatic nitrogens is 2. The van der Waals surface area contributed by atoms with Crippen LogP contribution in [0.1, 0.15) is 24.3 Å². The highest BCUT2D eigenvalue weighted by molar-refractivity contribution is 7.48. The van der Waals surface area contributed by atoms with Gasteiger partial charge in [0.05, 0.1) is 12.7 Å². The number of nitrogens with zero attached hydrogens (tertiary/aromatic N) is 2. The van der Waals surface area contributed by atoms with E-state index in [4.69, 9.17) is 29.9 Å². The van der Waals surface area contributed by atoms with Gasteiger partial charge in [-0.25, -0.2) is 13.8 Å². The van der Waals surface area contributed by atoms with Crippen molar-refractivity contribution in [3.63, 3.8) is 0 Å². The Bertz CT molecular complexity index is 1260. The highest BCUT2D eigenvalue weighted by atomic mass is 35.5. The van der Waals surface area contributed by atoms with Crippen molar-refractivity contribution in [2.45, 2.75) is 36.7 Å². The standard InChI is InChI=1S/C19H20ClFN3O9P/c1-22-19(16(27)15(26)17(32-19)24-6-4-14(25)23-18(24)28)9-31-34(29)30-7-5-13(33-34)11-3-2-10(21)8-12(11)20/h2-4,6,8,13,15-17,26-27H,1,5,7,9H2,(H,23,25,28)/t13-,15+,16-,17+,19+,34?/m0/s1. The van der Waals surface area contributed by atoms with Gasteiger partial charge in [0.1, 0.15) is 24.6 Å². The molecule has 2 fully saturated rings. The molecule has 2 aliphatic heterocycles.